The lowest BCUT2D eigenvalue weighted by Crippen LogP contribution is -2.10. The minimum atomic E-state index is -0.908. The third-order valence-electron chi connectivity index (χ3n) is 4.21. The van der Waals surface area contributed by atoms with Crippen molar-refractivity contribution in [3.05, 3.63) is 59.4 Å². The maximum atomic E-state index is 13.6. The number of aliphatic carboxylic acids is 1. The molecule has 0 fully saturated rings. The van der Waals surface area contributed by atoms with E-state index in [1.807, 2.05) is 18.2 Å². The fourth-order valence-electron chi connectivity index (χ4n) is 2.94. The molecule has 0 aliphatic carbocycles. The van der Waals surface area contributed by atoms with E-state index in [4.69, 9.17) is 0 Å². The van der Waals surface area contributed by atoms with E-state index in [2.05, 4.69) is 25.8 Å². The van der Waals surface area contributed by atoms with Crippen LogP contribution in [0.25, 0.3) is 22.2 Å². The van der Waals surface area contributed by atoms with Crippen LogP contribution in [0.4, 0.5) is 4.39 Å². The maximum Gasteiger partial charge on any atom is 0.307 e. The number of nitrogens with one attached hydrogen (secondary N) is 1. The summed E-state index contributed by atoms with van der Waals surface area (Å²) in [5.74, 6) is -1.25. The number of fused-ring (bicyclic) bond motifs is 1. The summed E-state index contributed by atoms with van der Waals surface area (Å²) in [7, 11) is 0. The molecule has 3 aromatic rings. The molecular weight excluding hydrogens is 305 g/mol. The molecule has 1 aromatic heterocycles. The molecule has 124 valence electrons. The molecule has 2 N–H and O–H groups in total. The van der Waals surface area contributed by atoms with E-state index >= 15 is 0 Å². The van der Waals surface area contributed by atoms with Gasteiger partial charge in [-0.2, -0.15) is 0 Å². The molecule has 0 unspecified atom stereocenters. The number of rotatable bonds is 3. The molecule has 0 aliphatic heterocycles. The fraction of sp³-hybridized carbons (Fsp3) is 0.250. The number of carboxylic acids is 1. The van der Waals surface area contributed by atoms with Crippen molar-refractivity contribution in [2.45, 2.75) is 32.6 Å². The van der Waals surface area contributed by atoms with Crippen LogP contribution in [0.5, 0.6) is 0 Å². The van der Waals surface area contributed by atoms with E-state index in [9.17, 15) is 14.3 Å². The Labute approximate surface area is 140 Å². The largest absolute Gasteiger partial charge is 0.481 e. The van der Waals surface area contributed by atoms with Crippen molar-refractivity contribution in [1.82, 2.24) is 4.98 Å². The summed E-state index contributed by atoms with van der Waals surface area (Å²) in [4.78, 5) is 14.6. The van der Waals surface area contributed by atoms with Crippen LogP contribution in [0.3, 0.4) is 0 Å². The number of aromatic amines is 1. The van der Waals surface area contributed by atoms with Gasteiger partial charge in [-0.05, 0) is 40.8 Å². The van der Waals surface area contributed by atoms with Crippen LogP contribution in [0.1, 0.15) is 31.9 Å². The van der Waals surface area contributed by atoms with Crippen molar-refractivity contribution in [1.29, 1.82) is 0 Å². The minimum absolute atomic E-state index is 0.0367. The van der Waals surface area contributed by atoms with Crippen LogP contribution in [0.2, 0.25) is 0 Å². The highest BCUT2D eigenvalue weighted by Crippen LogP contribution is 2.34. The Morgan fingerprint density at radius 2 is 1.92 bits per heavy atom. The lowest BCUT2D eigenvalue weighted by atomic mass is 9.86. The van der Waals surface area contributed by atoms with Gasteiger partial charge in [0.1, 0.15) is 5.82 Å². The Bertz CT molecular complexity index is 919. The molecule has 0 atom stereocenters. The van der Waals surface area contributed by atoms with Crippen LogP contribution in [-0.4, -0.2) is 16.1 Å². The van der Waals surface area contributed by atoms with E-state index in [-0.39, 0.29) is 17.7 Å². The number of benzene rings is 2. The van der Waals surface area contributed by atoms with Crippen LogP contribution in [0, 0.1) is 5.82 Å². The van der Waals surface area contributed by atoms with Gasteiger partial charge >= 0.3 is 5.97 Å². The third-order valence-corrected chi connectivity index (χ3v) is 4.21. The normalized spacial score (nSPS) is 11.8. The van der Waals surface area contributed by atoms with Gasteiger partial charge in [-0.3, -0.25) is 4.79 Å². The van der Waals surface area contributed by atoms with E-state index < -0.39 is 5.97 Å². The fourth-order valence-corrected chi connectivity index (χ4v) is 2.94. The van der Waals surface area contributed by atoms with Crippen LogP contribution in [-0.2, 0) is 16.6 Å². The number of hydrogen-bond donors (Lipinski definition) is 2. The zero-order chi connectivity index (χ0) is 17.5. The quantitative estimate of drug-likeness (QED) is 0.719. The van der Waals surface area contributed by atoms with Crippen LogP contribution < -0.4 is 0 Å². The highest BCUT2D eigenvalue weighted by Gasteiger charge is 2.19. The lowest BCUT2D eigenvalue weighted by Gasteiger charge is -2.19. The number of hydrogen-bond acceptors (Lipinski definition) is 1. The Hall–Kier alpha value is -2.62. The second-order valence-corrected chi connectivity index (χ2v) is 7.07. The smallest absolute Gasteiger partial charge is 0.307 e. The van der Waals surface area contributed by atoms with Crippen molar-refractivity contribution in [2.24, 2.45) is 0 Å². The van der Waals surface area contributed by atoms with E-state index in [0.717, 1.165) is 16.5 Å². The van der Waals surface area contributed by atoms with Gasteiger partial charge in [0.05, 0.1) is 12.1 Å². The number of aromatic nitrogens is 1. The summed E-state index contributed by atoms with van der Waals surface area (Å²) < 4.78 is 13.6. The molecule has 0 saturated heterocycles. The highest BCUT2D eigenvalue weighted by molar-refractivity contribution is 5.94. The maximum absolute atomic E-state index is 13.6. The molecule has 1 heterocycles. The molecule has 0 aliphatic rings. The highest BCUT2D eigenvalue weighted by atomic mass is 19.1. The minimum Gasteiger partial charge on any atom is -0.481 e. The first-order valence-electron chi connectivity index (χ1n) is 7.88. The van der Waals surface area contributed by atoms with Crippen molar-refractivity contribution in [3.63, 3.8) is 0 Å². The van der Waals surface area contributed by atoms with Crippen LogP contribution >= 0.6 is 0 Å². The van der Waals surface area contributed by atoms with Crippen LogP contribution in [0.15, 0.2) is 42.5 Å². The van der Waals surface area contributed by atoms with Gasteiger partial charge in [-0.1, -0.05) is 39.0 Å². The van der Waals surface area contributed by atoms with Gasteiger partial charge in [0.25, 0.3) is 0 Å². The molecule has 3 nitrogen and oxygen atoms in total. The van der Waals surface area contributed by atoms with E-state index in [0.29, 0.717) is 16.8 Å². The molecule has 24 heavy (non-hydrogen) atoms. The summed E-state index contributed by atoms with van der Waals surface area (Å²) in [6.45, 7) is 6.35. The number of carbonyl (C=O) groups is 1. The van der Waals surface area contributed by atoms with Crippen molar-refractivity contribution >= 4 is 16.9 Å². The molecule has 0 amide bonds. The Morgan fingerprint density at radius 1 is 1.17 bits per heavy atom. The van der Waals surface area contributed by atoms with Gasteiger partial charge in [0.2, 0.25) is 0 Å². The van der Waals surface area contributed by atoms with Gasteiger partial charge in [-0.15, -0.1) is 0 Å². The standard InChI is InChI=1S/C20H20FNO2/c1-20(2,3)13-7-8-17-15(10-13)16(11-18(23)24)19(22-17)12-5-4-6-14(21)9-12/h4-10,22H,11H2,1-3H3,(H,23,24). The second kappa shape index (κ2) is 5.78. The zero-order valence-electron chi connectivity index (χ0n) is 14.0. The predicted octanol–water partition coefficient (Wildman–Crippen LogP) is 4.90. The SMILES string of the molecule is CC(C)(C)c1ccc2[nH]c(-c3cccc(F)c3)c(CC(=O)O)c2c1. The molecule has 0 bridgehead atoms. The number of H-pyrrole nitrogens is 1. The summed E-state index contributed by atoms with van der Waals surface area (Å²) >= 11 is 0. The topological polar surface area (TPSA) is 53.1 Å². The molecule has 0 radical (unpaired) electrons. The summed E-state index contributed by atoms with van der Waals surface area (Å²) in [5, 5.41) is 10.2. The van der Waals surface area contributed by atoms with Gasteiger partial charge in [-0.25, -0.2) is 4.39 Å². The first-order valence-corrected chi connectivity index (χ1v) is 7.88. The van der Waals surface area contributed by atoms with Gasteiger partial charge in [0.15, 0.2) is 0 Å². The molecule has 2 aromatic carbocycles. The predicted molar refractivity (Wildman–Crippen MR) is 93.7 cm³/mol. The number of halogens is 1. The Kier molecular flexibility index (Phi) is 3.91. The summed E-state index contributed by atoms with van der Waals surface area (Å²) in [5.41, 5.74) is 3.96. The number of carboxylic acid groups (broad SMARTS) is 1. The van der Waals surface area contributed by atoms with Gasteiger partial charge < -0.3 is 10.1 Å². The first kappa shape index (κ1) is 16.2. The third kappa shape index (κ3) is 3.04. The zero-order valence-corrected chi connectivity index (χ0v) is 14.0. The average Bonchev–Trinajstić information content (AvgIpc) is 2.84. The molecule has 3 rings (SSSR count). The molecule has 0 spiro atoms. The summed E-state index contributed by atoms with van der Waals surface area (Å²) in [6.07, 6.45) is -0.112. The van der Waals surface area contributed by atoms with Gasteiger partial charge in [0, 0.05) is 16.5 Å². The Morgan fingerprint density at radius 3 is 2.54 bits per heavy atom. The molecule has 0 saturated carbocycles. The second-order valence-electron chi connectivity index (χ2n) is 7.07. The van der Waals surface area contributed by atoms with Crippen molar-refractivity contribution in [3.8, 4) is 11.3 Å². The lowest BCUT2D eigenvalue weighted by molar-refractivity contribution is -0.136. The average molecular weight is 325 g/mol. The van der Waals surface area contributed by atoms with E-state index in [1.54, 1.807) is 12.1 Å². The summed E-state index contributed by atoms with van der Waals surface area (Å²) in [6, 6.07) is 12.2. The van der Waals surface area contributed by atoms with E-state index in [1.165, 1.54) is 12.1 Å². The Balaban J connectivity index is 2.27. The monoisotopic (exact) mass is 325 g/mol. The van der Waals surface area contributed by atoms with Crippen molar-refractivity contribution < 1.29 is 14.3 Å². The van der Waals surface area contributed by atoms with Crippen molar-refractivity contribution in [2.75, 3.05) is 0 Å². The molecular formula is C20H20FNO2. The first-order chi connectivity index (χ1) is 11.3. The molecule has 4 heteroatoms.